The Bertz CT molecular complexity index is 4670. The molecule has 0 bridgehead atoms. The van der Waals surface area contributed by atoms with Crippen molar-refractivity contribution in [3.63, 3.8) is 0 Å². The van der Waals surface area contributed by atoms with Crippen LogP contribution in [0.15, 0.2) is 442 Å². The van der Waals surface area contributed by atoms with Crippen LogP contribution in [0, 0.1) is 0 Å². The molecule has 0 aliphatic rings. The van der Waals surface area contributed by atoms with Crippen LogP contribution in [0.1, 0.15) is 21.0 Å². The van der Waals surface area contributed by atoms with Crippen LogP contribution < -0.4 is 69.1 Å². The maximum atomic E-state index is 11.3. The maximum absolute atomic E-state index is 11.3. The number of nitrogens with zero attached hydrogens (tertiary/aromatic N) is 2. The third-order valence-electron chi connectivity index (χ3n) is 16.9. The van der Waals surface area contributed by atoms with Crippen molar-refractivity contribution in [2.75, 3.05) is 14.2 Å². The van der Waals surface area contributed by atoms with E-state index in [1.807, 2.05) is 12.1 Å². The number of esters is 2. The Balaban J connectivity index is 0.000000157. The van der Waals surface area contributed by atoms with E-state index in [0.717, 1.165) is 15.6 Å². The number of carbonyl (C=O) groups excluding carboxylic acids is 2. The summed E-state index contributed by atoms with van der Waals surface area (Å²) in [5.41, 5.74) is 2.41. The summed E-state index contributed by atoms with van der Waals surface area (Å²) < 4.78 is 9.75. The van der Waals surface area contributed by atoms with Gasteiger partial charge in [-0.2, -0.15) is 0 Å². The minimum absolute atomic E-state index is 0. The standard InChI is InChI=1S/4C18H15P.C13H9Cl2NO2.C7H5BrClNO2.C6H6BClO2.Pd/c4*1-4-10-16(11-5-1)19(17-12-6-2-7-13-17)18-14-8-3-9-15-18;1-18-13(17)12-11(15)6-9(7-16-12)8-2-4-10(14)5-3-8;1-12-7(11)6-5(9)2-4(8)3-10-6;8-6-3-1-5(2-4-6)7(9)10;/h4*1-15H;2-7H,1H3;2-3H,1H3;1-4,9-10H;. The van der Waals surface area contributed by atoms with E-state index < -0.39 is 50.7 Å². The second-order valence-electron chi connectivity index (χ2n) is 24.8. The molecule has 16 rings (SSSR count). The predicted octanol–water partition coefficient (Wildman–Crippen LogP) is 19.9. The number of rotatable bonds is 16. The van der Waals surface area contributed by atoms with Crippen LogP contribution in [0.2, 0.25) is 20.1 Å². The Morgan fingerprint density at radius 2 is 0.487 bits per heavy atom. The minimum Gasteiger partial charge on any atom is -0.464 e. The van der Waals surface area contributed by atoms with E-state index >= 15 is 0 Å². The zero-order valence-corrected chi connectivity index (χ0v) is 73.3. The first-order valence-corrected chi connectivity index (χ1v) is 44.3. The molecule has 0 amide bonds. The number of carbonyl (C=O) groups is 2. The van der Waals surface area contributed by atoms with Crippen molar-refractivity contribution in [2.45, 2.75) is 0 Å². The van der Waals surface area contributed by atoms with Crippen molar-refractivity contribution in [1.82, 2.24) is 9.97 Å². The van der Waals surface area contributed by atoms with E-state index in [0.29, 0.717) is 15.5 Å². The SMILES string of the molecule is COC(=O)c1ncc(-c2ccc(Cl)cc2)cc1Cl.COC(=O)c1ncc(Br)cc1Cl.OB(O)c1ccc(Cl)cc1.[Pd].c1ccc(P(c2ccccc2)c2ccccc2)cc1.c1ccc(P(c2ccccc2)c2ccccc2)cc1.c1ccc(P(c2ccccc2)c2ccccc2)cc1.c1ccc(P(c2ccccc2)c2ccccc2)cc1. The Kier molecular flexibility index (Phi) is 39.1. The molecule has 0 unspecified atom stereocenters. The van der Waals surface area contributed by atoms with Gasteiger partial charge in [0.05, 0.1) is 24.3 Å². The van der Waals surface area contributed by atoms with Crippen LogP contribution in [0.4, 0.5) is 0 Å². The minimum atomic E-state index is -1.41. The summed E-state index contributed by atoms with van der Waals surface area (Å²) in [5.74, 6) is -1.09. The van der Waals surface area contributed by atoms with Gasteiger partial charge in [-0.25, -0.2) is 19.6 Å². The van der Waals surface area contributed by atoms with Crippen LogP contribution in [-0.4, -0.2) is 53.3 Å². The molecule has 0 saturated carbocycles. The van der Waals surface area contributed by atoms with E-state index in [2.05, 4.69) is 399 Å². The van der Waals surface area contributed by atoms with Gasteiger partial charge in [0.25, 0.3) is 0 Å². The van der Waals surface area contributed by atoms with Crippen molar-refractivity contribution in [3.8, 4) is 11.1 Å². The fourth-order valence-electron chi connectivity index (χ4n) is 11.5. The largest absolute Gasteiger partial charge is 0.488 e. The average Bonchev–Trinajstić information content (AvgIpc) is 0.825. The average molecular weight is 1840 g/mol. The summed E-state index contributed by atoms with van der Waals surface area (Å²) in [6.07, 6.45) is 3.06. The van der Waals surface area contributed by atoms with Gasteiger partial charge in [-0.1, -0.05) is 435 Å². The number of aromatic nitrogens is 2. The quantitative estimate of drug-likeness (QED) is 0.0558. The monoisotopic (exact) mass is 1840 g/mol. The molecular formula is C98H80BBrCl4N2O6P4Pd. The predicted molar refractivity (Wildman–Crippen MR) is 501 cm³/mol. The molecule has 2 aromatic heterocycles. The first kappa shape index (κ1) is 91.2. The summed E-state index contributed by atoms with van der Waals surface area (Å²) in [5, 5.41) is 35.8. The molecule has 19 heteroatoms. The molecule has 16 aromatic rings. The fraction of sp³-hybridized carbons (Fsp3) is 0.0204. The second kappa shape index (κ2) is 50.2. The molecule has 0 fully saturated rings. The summed E-state index contributed by atoms with van der Waals surface area (Å²) in [7, 11) is -0.624. The van der Waals surface area contributed by atoms with Crippen LogP contribution in [0.3, 0.4) is 0 Å². The molecule has 14 aromatic carbocycles. The third-order valence-corrected chi connectivity index (χ3v) is 28.2. The molecule has 0 aliphatic heterocycles. The van der Waals surface area contributed by atoms with Crippen LogP contribution >= 0.6 is 94.0 Å². The van der Waals surface area contributed by atoms with Gasteiger partial charge in [-0.05, 0) is 159 Å². The summed E-state index contributed by atoms with van der Waals surface area (Å²) in [6, 6.07) is 146. The molecule has 8 nitrogen and oxygen atoms in total. The van der Waals surface area contributed by atoms with Crippen LogP contribution in [-0.2, 0) is 29.9 Å². The number of methoxy groups -OCH3 is 2. The van der Waals surface area contributed by atoms with E-state index in [1.54, 1.807) is 54.7 Å². The Labute approximate surface area is 733 Å². The Hall–Kier alpha value is -9.67. The van der Waals surface area contributed by atoms with Gasteiger partial charge in [-0.15, -0.1) is 0 Å². The molecule has 0 aliphatic carbocycles. The van der Waals surface area contributed by atoms with Crippen LogP contribution in [0.5, 0.6) is 0 Å². The molecule has 0 spiro atoms. The molecule has 0 radical (unpaired) electrons. The smallest absolute Gasteiger partial charge is 0.464 e. The van der Waals surface area contributed by atoms with Gasteiger partial charge < -0.3 is 19.5 Å². The van der Waals surface area contributed by atoms with E-state index in [4.69, 9.17) is 56.5 Å². The van der Waals surface area contributed by atoms with Gasteiger partial charge >= 0.3 is 19.1 Å². The van der Waals surface area contributed by atoms with Crippen molar-refractivity contribution in [2.24, 2.45) is 0 Å². The fourth-order valence-corrected chi connectivity index (χ4v) is 21.9. The molecule has 586 valence electrons. The third kappa shape index (κ3) is 28.8. The van der Waals surface area contributed by atoms with Crippen molar-refractivity contribution in [3.05, 3.63) is 473 Å². The molecule has 2 N–H and O–H groups in total. The molecule has 117 heavy (non-hydrogen) atoms. The van der Waals surface area contributed by atoms with Gasteiger partial charge in [-0.3, -0.25) is 0 Å². The first-order valence-electron chi connectivity index (χ1n) is 36.6. The van der Waals surface area contributed by atoms with Gasteiger partial charge in [0.2, 0.25) is 0 Å². The number of hydrogen-bond donors (Lipinski definition) is 2. The van der Waals surface area contributed by atoms with E-state index in [-0.39, 0.29) is 41.9 Å². The molecule has 0 saturated heterocycles. The van der Waals surface area contributed by atoms with Gasteiger partial charge in [0.15, 0.2) is 11.4 Å². The van der Waals surface area contributed by atoms with Crippen molar-refractivity contribution in [1.29, 1.82) is 0 Å². The zero-order chi connectivity index (χ0) is 81.5. The topological polar surface area (TPSA) is 119 Å². The Morgan fingerprint density at radius 3 is 0.675 bits per heavy atom. The number of benzene rings is 14. The second-order valence-corrected chi connectivity index (χ2v) is 36.3. The van der Waals surface area contributed by atoms with Gasteiger partial charge in [0.1, 0.15) is 0 Å². The zero-order valence-electron chi connectivity index (χ0n) is 63.6. The van der Waals surface area contributed by atoms with Gasteiger partial charge in [0, 0.05) is 52.9 Å². The number of hydrogen-bond acceptors (Lipinski definition) is 8. The summed E-state index contributed by atoms with van der Waals surface area (Å²) in [4.78, 5) is 30.1. The Morgan fingerprint density at radius 1 is 0.291 bits per heavy atom. The first-order chi connectivity index (χ1) is 56.8. The van der Waals surface area contributed by atoms with Crippen LogP contribution in [0.25, 0.3) is 11.1 Å². The molecule has 0 atom stereocenters. The van der Waals surface area contributed by atoms with E-state index in [9.17, 15) is 9.59 Å². The van der Waals surface area contributed by atoms with E-state index in [1.165, 1.54) is 84.1 Å². The summed E-state index contributed by atoms with van der Waals surface area (Å²) >= 11 is 26.2. The number of ether oxygens (including phenoxy) is 2. The van der Waals surface area contributed by atoms with Crippen molar-refractivity contribution < 1.29 is 49.5 Å². The molecular weight excluding hydrogens is 1760 g/mol. The maximum Gasteiger partial charge on any atom is 0.488 e. The van der Waals surface area contributed by atoms with Crippen molar-refractivity contribution >= 4 is 182 Å². The summed E-state index contributed by atoms with van der Waals surface area (Å²) in [6.45, 7) is 0. The number of pyridine rings is 2. The normalized spacial score (nSPS) is 10.2. The molecule has 2 heterocycles. The number of halogens is 5.